The first kappa shape index (κ1) is 13.0. The largest absolute Gasteiger partial charge is 0.497 e. The highest BCUT2D eigenvalue weighted by molar-refractivity contribution is 8.00. The van der Waals surface area contributed by atoms with Gasteiger partial charge in [0.2, 0.25) is 5.89 Å². The Morgan fingerprint density at radius 3 is 2.75 bits per heavy atom. The molecule has 0 N–H and O–H groups in total. The van der Waals surface area contributed by atoms with Gasteiger partial charge in [-0.1, -0.05) is 0 Å². The Balaban J connectivity index is 1.73. The fourth-order valence-corrected chi connectivity index (χ4v) is 2.65. The molecule has 0 bridgehead atoms. The summed E-state index contributed by atoms with van der Waals surface area (Å²) in [5.41, 5.74) is 0.805. The van der Waals surface area contributed by atoms with Crippen LogP contribution in [0, 0.1) is 0 Å². The van der Waals surface area contributed by atoms with Gasteiger partial charge < -0.3 is 13.9 Å². The van der Waals surface area contributed by atoms with Crippen LogP contribution in [0.2, 0.25) is 0 Å². The molecule has 2 aromatic rings. The van der Waals surface area contributed by atoms with Crippen LogP contribution in [0.5, 0.6) is 5.75 Å². The quantitative estimate of drug-likeness (QED) is 0.799. The number of hydrogen-bond acceptors (Lipinski definition) is 7. The van der Waals surface area contributed by atoms with Crippen molar-refractivity contribution in [1.29, 1.82) is 0 Å². The van der Waals surface area contributed by atoms with Gasteiger partial charge in [0.1, 0.15) is 11.0 Å². The Labute approximate surface area is 119 Å². The van der Waals surface area contributed by atoms with Crippen molar-refractivity contribution in [2.24, 2.45) is 0 Å². The number of carbonyl (C=O) groups excluding carboxylic acids is 1. The normalized spacial score (nSPS) is 18.1. The monoisotopic (exact) mass is 292 g/mol. The summed E-state index contributed by atoms with van der Waals surface area (Å²) >= 11 is 1.24. The van der Waals surface area contributed by atoms with Crippen LogP contribution in [0.1, 0.15) is 6.42 Å². The van der Waals surface area contributed by atoms with Gasteiger partial charge in [-0.3, -0.25) is 4.79 Å². The lowest BCUT2D eigenvalue weighted by atomic mass is 10.2. The van der Waals surface area contributed by atoms with Crippen molar-refractivity contribution < 1.29 is 18.7 Å². The summed E-state index contributed by atoms with van der Waals surface area (Å²) in [6.07, 6.45) is 0.670. The molecule has 7 heteroatoms. The van der Waals surface area contributed by atoms with E-state index >= 15 is 0 Å². The van der Waals surface area contributed by atoms with E-state index in [1.54, 1.807) is 7.11 Å². The molecule has 0 aliphatic carbocycles. The number of aromatic nitrogens is 2. The van der Waals surface area contributed by atoms with Crippen molar-refractivity contribution in [3.8, 4) is 17.2 Å². The number of benzene rings is 1. The van der Waals surface area contributed by atoms with E-state index in [0.717, 1.165) is 11.3 Å². The van der Waals surface area contributed by atoms with Gasteiger partial charge in [0.05, 0.1) is 13.7 Å². The van der Waals surface area contributed by atoms with Gasteiger partial charge in [-0.15, -0.1) is 10.2 Å². The molecule has 0 saturated carbocycles. The Morgan fingerprint density at radius 1 is 1.30 bits per heavy atom. The maximum Gasteiger partial charge on any atom is 0.319 e. The summed E-state index contributed by atoms with van der Waals surface area (Å²) in [5.74, 6) is 0.956. The van der Waals surface area contributed by atoms with Crippen LogP contribution in [0.3, 0.4) is 0 Å². The van der Waals surface area contributed by atoms with Crippen molar-refractivity contribution in [1.82, 2.24) is 10.2 Å². The molecule has 3 rings (SSSR count). The lowest BCUT2D eigenvalue weighted by Gasteiger charge is -2.00. The molecule has 1 aromatic heterocycles. The van der Waals surface area contributed by atoms with E-state index in [1.807, 2.05) is 24.3 Å². The average Bonchev–Trinajstić information content (AvgIpc) is 3.10. The van der Waals surface area contributed by atoms with Crippen LogP contribution < -0.4 is 4.74 Å². The van der Waals surface area contributed by atoms with Crippen LogP contribution in [0.4, 0.5) is 0 Å². The summed E-state index contributed by atoms with van der Waals surface area (Å²) < 4.78 is 15.5. The van der Waals surface area contributed by atoms with E-state index in [0.29, 0.717) is 24.1 Å². The van der Waals surface area contributed by atoms with Crippen LogP contribution >= 0.6 is 11.8 Å². The second-order valence-corrected chi connectivity index (χ2v) is 5.32. The van der Waals surface area contributed by atoms with Gasteiger partial charge in [-0.05, 0) is 36.0 Å². The fraction of sp³-hybridized carbons (Fsp3) is 0.308. The molecule has 1 atom stereocenters. The van der Waals surface area contributed by atoms with Crippen molar-refractivity contribution >= 4 is 17.7 Å². The molecule has 104 valence electrons. The van der Waals surface area contributed by atoms with Crippen LogP contribution in [-0.4, -0.2) is 35.1 Å². The number of carbonyl (C=O) groups is 1. The molecule has 20 heavy (non-hydrogen) atoms. The van der Waals surface area contributed by atoms with Gasteiger partial charge in [0.25, 0.3) is 5.22 Å². The van der Waals surface area contributed by atoms with Gasteiger partial charge in [-0.25, -0.2) is 0 Å². The van der Waals surface area contributed by atoms with Crippen molar-refractivity contribution in [2.45, 2.75) is 16.9 Å². The number of cyclic esters (lactones) is 1. The first-order chi connectivity index (χ1) is 9.76. The van der Waals surface area contributed by atoms with E-state index in [4.69, 9.17) is 13.9 Å². The number of methoxy groups -OCH3 is 1. The number of hydrogen-bond donors (Lipinski definition) is 0. The minimum Gasteiger partial charge on any atom is -0.497 e. The fourth-order valence-electron chi connectivity index (χ4n) is 1.81. The lowest BCUT2D eigenvalue weighted by molar-refractivity contribution is -0.137. The summed E-state index contributed by atoms with van der Waals surface area (Å²) in [4.78, 5) is 11.4. The molecule has 0 amide bonds. The molecule has 2 heterocycles. The predicted octanol–water partition coefficient (Wildman–Crippen LogP) is 2.15. The third kappa shape index (κ3) is 2.62. The summed E-state index contributed by atoms with van der Waals surface area (Å²) in [7, 11) is 1.61. The second-order valence-electron chi connectivity index (χ2n) is 4.16. The highest BCUT2D eigenvalue weighted by Gasteiger charge is 2.29. The topological polar surface area (TPSA) is 74.5 Å². The first-order valence-electron chi connectivity index (χ1n) is 6.07. The zero-order valence-electron chi connectivity index (χ0n) is 10.7. The second kappa shape index (κ2) is 5.54. The molecule has 1 saturated heterocycles. The molecular weight excluding hydrogens is 280 g/mol. The third-order valence-electron chi connectivity index (χ3n) is 2.87. The van der Waals surface area contributed by atoms with Gasteiger partial charge >= 0.3 is 5.97 Å². The van der Waals surface area contributed by atoms with Crippen LogP contribution in [-0.2, 0) is 9.53 Å². The molecule has 1 aliphatic rings. The maximum atomic E-state index is 11.4. The minimum atomic E-state index is -0.251. The van der Waals surface area contributed by atoms with Crippen molar-refractivity contribution in [3.05, 3.63) is 24.3 Å². The number of rotatable bonds is 4. The molecular formula is C13H12N2O4S. The summed E-state index contributed by atoms with van der Waals surface area (Å²) in [6, 6.07) is 7.32. The number of ether oxygens (including phenoxy) is 2. The molecule has 1 aromatic carbocycles. The molecule has 6 nitrogen and oxygen atoms in total. The molecule has 1 aliphatic heterocycles. The summed E-state index contributed by atoms with van der Waals surface area (Å²) in [6.45, 7) is 0.454. The van der Waals surface area contributed by atoms with Crippen molar-refractivity contribution in [3.63, 3.8) is 0 Å². The number of thioether (sulfide) groups is 1. The van der Waals surface area contributed by atoms with Gasteiger partial charge in [-0.2, -0.15) is 0 Å². The minimum absolute atomic E-state index is 0.223. The molecule has 0 radical (unpaired) electrons. The molecule has 0 unspecified atom stereocenters. The zero-order valence-corrected chi connectivity index (χ0v) is 11.6. The highest BCUT2D eigenvalue weighted by Crippen LogP contribution is 2.30. The Morgan fingerprint density at radius 2 is 2.10 bits per heavy atom. The zero-order chi connectivity index (χ0) is 13.9. The SMILES string of the molecule is COc1ccc(-c2nnc(S[C@@H]3CCOC3=O)o2)cc1. The first-order valence-corrected chi connectivity index (χ1v) is 6.95. The van der Waals surface area contributed by atoms with E-state index in [1.165, 1.54) is 11.8 Å². The van der Waals surface area contributed by atoms with Crippen LogP contribution in [0.15, 0.2) is 33.9 Å². The number of nitrogens with zero attached hydrogens (tertiary/aromatic N) is 2. The van der Waals surface area contributed by atoms with E-state index in [9.17, 15) is 4.79 Å². The van der Waals surface area contributed by atoms with Crippen LogP contribution in [0.25, 0.3) is 11.5 Å². The predicted molar refractivity (Wildman–Crippen MR) is 71.5 cm³/mol. The van der Waals surface area contributed by atoms with E-state index in [2.05, 4.69) is 10.2 Å². The number of esters is 1. The van der Waals surface area contributed by atoms with Gasteiger partial charge in [0, 0.05) is 12.0 Å². The Bertz CT molecular complexity index is 611. The average molecular weight is 292 g/mol. The maximum absolute atomic E-state index is 11.4. The van der Waals surface area contributed by atoms with E-state index < -0.39 is 0 Å². The standard InChI is InChI=1S/C13H12N2O4S/c1-17-9-4-2-8(3-5-9)11-14-15-13(19-11)20-10-6-7-18-12(10)16/h2-5,10H,6-7H2,1H3/t10-/m1/s1. The third-order valence-corrected chi connectivity index (χ3v) is 3.95. The molecule has 1 fully saturated rings. The lowest BCUT2D eigenvalue weighted by Crippen LogP contribution is -2.09. The smallest absolute Gasteiger partial charge is 0.319 e. The van der Waals surface area contributed by atoms with E-state index in [-0.39, 0.29) is 11.2 Å². The van der Waals surface area contributed by atoms with Gasteiger partial charge in [0.15, 0.2) is 0 Å². The Kier molecular flexibility index (Phi) is 3.60. The molecule has 0 spiro atoms. The summed E-state index contributed by atoms with van der Waals surface area (Å²) in [5, 5.41) is 8.04. The Hall–Kier alpha value is -2.02. The van der Waals surface area contributed by atoms with Crippen molar-refractivity contribution in [2.75, 3.05) is 13.7 Å². The highest BCUT2D eigenvalue weighted by atomic mass is 32.2.